The molecule has 2 nitrogen and oxygen atoms in total. The molecule has 0 fully saturated rings. The van der Waals surface area contributed by atoms with Gasteiger partial charge < -0.3 is 5.32 Å². The van der Waals surface area contributed by atoms with Gasteiger partial charge in [0.05, 0.1) is 5.69 Å². The molecule has 1 aliphatic heterocycles. The number of carbonyl (C=O) groups excluding carboxylic acids is 1. The normalized spacial score (nSPS) is 22.3. The van der Waals surface area contributed by atoms with Gasteiger partial charge in [-0.1, -0.05) is 5.57 Å². The van der Waals surface area contributed by atoms with Gasteiger partial charge in [-0.3, -0.25) is 4.79 Å². The lowest BCUT2D eigenvalue weighted by Gasteiger charge is -2.14. The number of carbonyl (C=O) groups is 1. The summed E-state index contributed by atoms with van der Waals surface area (Å²) in [6, 6.07) is 4.48. The largest absolute Gasteiger partial charge is 0.321 e. The van der Waals surface area contributed by atoms with Crippen LogP contribution in [-0.2, 0) is 4.79 Å². The zero-order chi connectivity index (χ0) is 15.3. The molecule has 3 aliphatic rings. The molecule has 0 aromatic heterocycles. The van der Waals surface area contributed by atoms with Gasteiger partial charge in [-0.05, 0) is 80.0 Å². The monoisotopic (exact) mass is 295 g/mol. The molecule has 0 bridgehead atoms. The topological polar surface area (TPSA) is 29.1 Å². The van der Waals surface area contributed by atoms with Crippen LogP contribution >= 0.6 is 0 Å². The van der Waals surface area contributed by atoms with Gasteiger partial charge in [0.25, 0.3) is 5.91 Å². The summed E-state index contributed by atoms with van der Waals surface area (Å²) in [5, 5.41) is 2.76. The van der Waals surface area contributed by atoms with E-state index in [0.29, 0.717) is 11.3 Å². The Labute approximate surface area is 129 Å². The number of amides is 1. The van der Waals surface area contributed by atoms with E-state index in [4.69, 9.17) is 0 Å². The molecular formula is C19H18FNO. The first-order chi connectivity index (χ1) is 10.6. The summed E-state index contributed by atoms with van der Waals surface area (Å²) in [5.74, 6) is -0.459. The summed E-state index contributed by atoms with van der Waals surface area (Å²) in [6.45, 7) is 2.17. The molecule has 0 saturated heterocycles. The fourth-order valence-corrected chi connectivity index (χ4v) is 3.82. The quantitative estimate of drug-likeness (QED) is 0.744. The van der Waals surface area contributed by atoms with Crippen LogP contribution in [0.5, 0.6) is 0 Å². The van der Waals surface area contributed by atoms with Crippen LogP contribution in [0.15, 0.2) is 46.6 Å². The summed E-state index contributed by atoms with van der Waals surface area (Å²) in [7, 11) is 0. The average Bonchev–Trinajstić information content (AvgIpc) is 2.98. The summed E-state index contributed by atoms with van der Waals surface area (Å²) < 4.78 is 13.3. The van der Waals surface area contributed by atoms with Crippen LogP contribution < -0.4 is 5.32 Å². The van der Waals surface area contributed by atoms with Crippen LogP contribution in [0.4, 0.5) is 10.1 Å². The predicted molar refractivity (Wildman–Crippen MR) is 85.8 cm³/mol. The van der Waals surface area contributed by atoms with E-state index in [9.17, 15) is 9.18 Å². The molecule has 1 heterocycles. The Morgan fingerprint density at radius 1 is 1.23 bits per heavy atom. The molecule has 112 valence electrons. The van der Waals surface area contributed by atoms with Crippen molar-refractivity contribution >= 4 is 17.2 Å². The van der Waals surface area contributed by atoms with Crippen LogP contribution in [0.2, 0.25) is 0 Å². The maximum Gasteiger partial charge on any atom is 0.256 e. The number of rotatable bonds is 1. The van der Waals surface area contributed by atoms with E-state index in [1.165, 1.54) is 54.5 Å². The molecule has 0 saturated carbocycles. The third-order valence-electron chi connectivity index (χ3n) is 5.00. The highest BCUT2D eigenvalue weighted by Crippen LogP contribution is 2.43. The van der Waals surface area contributed by atoms with Gasteiger partial charge in [0, 0.05) is 11.1 Å². The second kappa shape index (κ2) is 4.94. The van der Waals surface area contributed by atoms with Crippen molar-refractivity contribution in [3.63, 3.8) is 0 Å². The summed E-state index contributed by atoms with van der Waals surface area (Å²) in [5.41, 5.74) is 7.68. The van der Waals surface area contributed by atoms with Crippen molar-refractivity contribution < 1.29 is 9.18 Å². The zero-order valence-corrected chi connectivity index (χ0v) is 12.6. The van der Waals surface area contributed by atoms with Crippen LogP contribution in [0.25, 0.3) is 5.57 Å². The molecule has 3 heteroatoms. The molecule has 1 N–H and O–H groups in total. The lowest BCUT2D eigenvalue weighted by Crippen LogP contribution is -2.04. The molecule has 1 aromatic carbocycles. The molecule has 1 aromatic rings. The number of anilines is 1. The fraction of sp³-hybridized carbons (Fsp3) is 0.316. The number of fused-ring (bicyclic) bond motifs is 1. The third kappa shape index (κ3) is 2.04. The minimum atomic E-state index is -0.325. The lowest BCUT2D eigenvalue weighted by atomic mass is 9.91. The molecule has 0 unspecified atom stereocenters. The first-order valence-electron chi connectivity index (χ1n) is 7.87. The van der Waals surface area contributed by atoms with Crippen molar-refractivity contribution in [1.82, 2.24) is 0 Å². The van der Waals surface area contributed by atoms with Gasteiger partial charge in [0.15, 0.2) is 0 Å². The summed E-state index contributed by atoms with van der Waals surface area (Å²) in [4.78, 5) is 12.2. The van der Waals surface area contributed by atoms with E-state index in [-0.39, 0.29) is 11.7 Å². The van der Waals surface area contributed by atoms with Crippen LogP contribution in [0, 0.1) is 5.82 Å². The van der Waals surface area contributed by atoms with Crippen molar-refractivity contribution in [3.8, 4) is 0 Å². The second-order valence-corrected chi connectivity index (χ2v) is 6.32. The van der Waals surface area contributed by atoms with E-state index in [0.717, 1.165) is 12.0 Å². The average molecular weight is 295 g/mol. The Bertz CT molecular complexity index is 783. The molecular weight excluding hydrogens is 277 g/mol. The Morgan fingerprint density at radius 2 is 2.05 bits per heavy atom. The van der Waals surface area contributed by atoms with Crippen molar-refractivity contribution in [2.24, 2.45) is 0 Å². The Hall–Kier alpha value is -2.16. The Kier molecular flexibility index (Phi) is 3.03. The highest BCUT2D eigenvalue weighted by molar-refractivity contribution is 6.31. The number of benzene rings is 1. The van der Waals surface area contributed by atoms with E-state index < -0.39 is 0 Å². The molecule has 0 radical (unpaired) electrons. The number of hydrogen-bond acceptors (Lipinski definition) is 1. The maximum absolute atomic E-state index is 13.3. The maximum atomic E-state index is 13.3. The van der Waals surface area contributed by atoms with Crippen molar-refractivity contribution in [2.75, 3.05) is 5.32 Å². The molecule has 2 aliphatic carbocycles. The first-order valence-corrected chi connectivity index (χ1v) is 7.87. The minimum absolute atomic E-state index is 0.134. The van der Waals surface area contributed by atoms with Crippen LogP contribution in [0.1, 0.15) is 44.6 Å². The van der Waals surface area contributed by atoms with Gasteiger partial charge in [0.1, 0.15) is 5.82 Å². The fourth-order valence-electron chi connectivity index (χ4n) is 3.82. The number of allylic oxidation sites excluding steroid dienone is 5. The summed E-state index contributed by atoms with van der Waals surface area (Å²) in [6.07, 6.45) is 7.87. The van der Waals surface area contributed by atoms with E-state index in [1.54, 1.807) is 11.6 Å². The smallest absolute Gasteiger partial charge is 0.256 e. The standard InChI is InChI=1S/C19H18FNO/c1-11-13(8-12-4-2-3-5-15(11)12)9-17-16-7-6-14(20)10-18(16)21-19(17)22/h6-7,9-10H,2-5,8H2,1H3,(H,21,22). The van der Waals surface area contributed by atoms with Crippen molar-refractivity contribution in [1.29, 1.82) is 0 Å². The van der Waals surface area contributed by atoms with E-state index in [1.807, 2.05) is 6.08 Å². The van der Waals surface area contributed by atoms with Crippen molar-refractivity contribution in [2.45, 2.75) is 39.0 Å². The lowest BCUT2D eigenvalue weighted by molar-refractivity contribution is -0.110. The SMILES string of the molecule is CC1=C(C=C2C(=O)Nc3cc(F)ccc32)CC2=C1CCCC2. The second-order valence-electron chi connectivity index (χ2n) is 6.32. The van der Waals surface area contributed by atoms with Gasteiger partial charge in [-0.15, -0.1) is 0 Å². The van der Waals surface area contributed by atoms with Crippen molar-refractivity contribution in [3.05, 3.63) is 57.9 Å². The number of nitrogens with one attached hydrogen (secondary N) is 1. The molecule has 0 atom stereocenters. The highest BCUT2D eigenvalue weighted by atomic mass is 19.1. The highest BCUT2D eigenvalue weighted by Gasteiger charge is 2.27. The molecule has 22 heavy (non-hydrogen) atoms. The minimum Gasteiger partial charge on any atom is -0.321 e. The first kappa shape index (κ1) is 13.5. The Morgan fingerprint density at radius 3 is 2.86 bits per heavy atom. The van der Waals surface area contributed by atoms with Gasteiger partial charge in [0.2, 0.25) is 0 Å². The van der Waals surface area contributed by atoms with E-state index in [2.05, 4.69) is 12.2 Å². The molecule has 0 spiro atoms. The van der Waals surface area contributed by atoms with Crippen LogP contribution in [0.3, 0.4) is 0 Å². The van der Waals surface area contributed by atoms with Gasteiger partial charge in [-0.2, -0.15) is 0 Å². The van der Waals surface area contributed by atoms with Crippen LogP contribution in [-0.4, -0.2) is 5.91 Å². The molecule has 4 rings (SSSR count). The predicted octanol–water partition coefficient (Wildman–Crippen LogP) is 4.75. The third-order valence-corrected chi connectivity index (χ3v) is 5.00. The summed E-state index contributed by atoms with van der Waals surface area (Å²) >= 11 is 0. The Balaban J connectivity index is 1.73. The number of hydrogen-bond donors (Lipinski definition) is 1. The number of halogens is 1. The van der Waals surface area contributed by atoms with Gasteiger partial charge >= 0.3 is 0 Å². The molecule has 1 amide bonds. The van der Waals surface area contributed by atoms with Gasteiger partial charge in [-0.25, -0.2) is 4.39 Å². The zero-order valence-electron chi connectivity index (χ0n) is 12.6. The van der Waals surface area contributed by atoms with E-state index >= 15 is 0 Å².